The number of methoxy groups -OCH3 is 4. The molecule has 2 aromatic carbocycles. The highest BCUT2D eigenvalue weighted by Crippen LogP contribution is 2.39. The second-order valence-electron chi connectivity index (χ2n) is 6.45. The first-order chi connectivity index (χ1) is 15.0. The molecule has 0 saturated heterocycles. The van der Waals surface area contributed by atoms with E-state index >= 15 is 0 Å². The van der Waals surface area contributed by atoms with Gasteiger partial charge in [-0.3, -0.25) is 0 Å². The van der Waals surface area contributed by atoms with Gasteiger partial charge in [-0.25, -0.2) is 9.98 Å². The van der Waals surface area contributed by atoms with E-state index in [0.717, 1.165) is 11.1 Å². The molecule has 3 N–H and O–H groups in total. The summed E-state index contributed by atoms with van der Waals surface area (Å²) in [6, 6.07) is 8.79. The van der Waals surface area contributed by atoms with Crippen LogP contribution in [-0.2, 0) is 6.42 Å². The van der Waals surface area contributed by atoms with Crippen LogP contribution in [0.3, 0.4) is 0 Å². The molecule has 1 aromatic heterocycles. The molecule has 0 spiro atoms. The maximum atomic E-state index is 10.1. The average Bonchev–Trinajstić information content (AvgIpc) is 2.79. The molecule has 0 unspecified atom stereocenters. The third kappa shape index (κ3) is 4.77. The van der Waals surface area contributed by atoms with E-state index in [4.69, 9.17) is 24.7 Å². The standard InChI is InChI=1S/C22H24N4O5/c1-28-16-7-5-6-14(19(16)27)11-24-22-25-12-15(21(23)26-22)8-13-9-17(29-2)20(31-4)18(10-13)30-3/h5-7,9-12,27H,8H2,1-4H3,(H2,23,25,26)/b24-11+. The molecule has 0 fully saturated rings. The SMILES string of the molecule is COc1cccc(/C=N/c2ncc(Cc3cc(OC)c(OC)c(OC)c3)c(N)n2)c1O. The van der Waals surface area contributed by atoms with E-state index in [1.165, 1.54) is 13.3 Å². The Kier molecular flexibility index (Phi) is 6.76. The van der Waals surface area contributed by atoms with Crippen LogP contribution in [0.15, 0.2) is 41.5 Å². The molecule has 0 aliphatic carbocycles. The summed E-state index contributed by atoms with van der Waals surface area (Å²) >= 11 is 0. The van der Waals surface area contributed by atoms with E-state index in [0.29, 0.717) is 40.8 Å². The van der Waals surface area contributed by atoms with Crippen molar-refractivity contribution in [3.63, 3.8) is 0 Å². The number of phenolic OH excluding ortho intramolecular Hbond substituents is 1. The predicted octanol–water partition coefficient (Wildman–Crippen LogP) is 3.14. The third-order valence-electron chi connectivity index (χ3n) is 4.57. The lowest BCUT2D eigenvalue weighted by Crippen LogP contribution is -2.02. The van der Waals surface area contributed by atoms with Crippen LogP contribution in [0.1, 0.15) is 16.7 Å². The van der Waals surface area contributed by atoms with Crippen molar-refractivity contribution in [1.29, 1.82) is 0 Å². The van der Waals surface area contributed by atoms with Gasteiger partial charge in [-0.1, -0.05) is 6.07 Å². The summed E-state index contributed by atoms with van der Waals surface area (Å²) in [4.78, 5) is 12.7. The summed E-state index contributed by atoms with van der Waals surface area (Å²) in [6.07, 6.45) is 3.53. The van der Waals surface area contributed by atoms with Crippen LogP contribution < -0.4 is 24.7 Å². The molecule has 9 nitrogen and oxygen atoms in total. The minimum atomic E-state index is -0.0132. The molecule has 0 amide bonds. The van der Waals surface area contributed by atoms with Crippen LogP contribution in [0.5, 0.6) is 28.7 Å². The quantitative estimate of drug-likeness (QED) is 0.529. The number of para-hydroxylation sites is 1. The van der Waals surface area contributed by atoms with Gasteiger partial charge in [0.05, 0.1) is 28.4 Å². The largest absolute Gasteiger partial charge is 0.504 e. The van der Waals surface area contributed by atoms with Crippen molar-refractivity contribution in [3.8, 4) is 28.7 Å². The molecule has 0 bridgehead atoms. The van der Waals surface area contributed by atoms with Crippen molar-refractivity contribution in [2.75, 3.05) is 34.2 Å². The highest BCUT2D eigenvalue weighted by molar-refractivity contribution is 5.86. The first-order valence-electron chi connectivity index (χ1n) is 9.31. The van der Waals surface area contributed by atoms with Crippen molar-refractivity contribution in [2.24, 2.45) is 4.99 Å². The van der Waals surface area contributed by atoms with Crippen LogP contribution in [0.4, 0.5) is 11.8 Å². The van der Waals surface area contributed by atoms with Gasteiger partial charge >= 0.3 is 0 Å². The van der Waals surface area contributed by atoms with Gasteiger partial charge in [0.2, 0.25) is 5.75 Å². The van der Waals surface area contributed by atoms with Crippen molar-refractivity contribution >= 4 is 18.0 Å². The van der Waals surface area contributed by atoms with Gasteiger partial charge in [0, 0.05) is 30.0 Å². The number of ether oxygens (including phenoxy) is 4. The third-order valence-corrected chi connectivity index (χ3v) is 4.57. The van der Waals surface area contributed by atoms with Gasteiger partial charge in [0.25, 0.3) is 5.95 Å². The highest BCUT2D eigenvalue weighted by Gasteiger charge is 2.15. The Morgan fingerprint density at radius 2 is 1.68 bits per heavy atom. The van der Waals surface area contributed by atoms with E-state index in [-0.39, 0.29) is 11.7 Å². The van der Waals surface area contributed by atoms with Gasteiger partial charge < -0.3 is 29.8 Å². The molecule has 0 saturated carbocycles. The Hall–Kier alpha value is -4.01. The fourth-order valence-electron chi connectivity index (χ4n) is 3.00. The van der Waals surface area contributed by atoms with E-state index in [1.807, 2.05) is 12.1 Å². The maximum absolute atomic E-state index is 10.1. The van der Waals surface area contributed by atoms with Crippen molar-refractivity contribution in [3.05, 3.63) is 53.2 Å². The number of nitrogens with two attached hydrogens (primary N) is 1. The Labute approximate surface area is 180 Å². The summed E-state index contributed by atoms with van der Waals surface area (Å²) < 4.78 is 21.2. The number of benzene rings is 2. The lowest BCUT2D eigenvalue weighted by Gasteiger charge is -2.14. The van der Waals surface area contributed by atoms with Gasteiger partial charge in [-0.15, -0.1) is 0 Å². The molecule has 0 aliphatic rings. The Morgan fingerprint density at radius 3 is 2.26 bits per heavy atom. The number of aromatic hydroxyl groups is 1. The summed E-state index contributed by atoms with van der Waals surface area (Å²) in [5.74, 6) is 2.43. The smallest absolute Gasteiger partial charge is 0.251 e. The zero-order valence-corrected chi connectivity index (χ0v) is 17.7. The minimum Gasteiger partial charge on any atom is -0.504 e. The molecule has 9 heteroatoms. The summed E-state index contributed by atoms with van der Waals surface area (Å²) in [7, 11) is 6.15. The zero-order chi connectivity index (χ0) is 22.4. The Balaban J connectivity index is 1.83. The first-order valence-corrected chi connectivity index (χ1v) is 9.31. The van der Waals surface area contributed by atoms with Crippen molar-refractivity contribution in [1.82, 2.24) is 9.97 Å². The van der Waals surface area contributed by atoms with Crippen LogP contribution in [0.25, 0.3) is 0 Å². The zero-order valence-electron chi connectivity index (χ0n) is 17.7. The molecule has 162 valence electrons. The lowest BCUT2D eigenvalue weighted by molar-refractivity contribution is 0.324. The van der Waals surface area contributed by atoms with E-state index in [9.17, 15) is 5.11 Å². The molecule has 0 atom stereocenters. The van der Waals surface area contributed by atoms with Crippen LogP contribution >= 0.6 is 0 Å². The molecule has 1 heterocycles. The topological polar surface area (TPSA) is 121 Å². The molecule has 3 aromatic rings. The predicted molar refractivity (Wildman–Crippen MR) is 117 cm³/mol. The van der Waals surface area contributed by atoms with Gasteiger partial charge in [-0.2, -0.15) is 4.98 Å². The summed E-state index contributed by atoms with van der Waals surface area (Å²) in [5, 5.41) is 10.1. The van der Waals surface area contributed by atoms with Gasteiger partial charge in [0.15, 0.2) is 23.0 Å². The van der Waals surface area contributed by atoms with Crippen LogP contribution in [-0.4, -0.2) is 49.7 Å². The number of phenols is 1. The van der Waals surface area contributed by atoms with Gasteiger partial charge in [0.1, 0.15) is 5.82 Å². The average molecular weight is 424 g/mol. The molecule has 0 aliphatic heterocycles. The number of nitrogen functional groups attached to an aromatic ring is 1. The minimum absolute atomic E-state index is 0.0132. The number of rotatable bonds is 8. The van der Waals surface area contributed by atoms with Crippen molar-refractivity contribution < 1.29 is 24.1 Å². The van der Waals surface area contributed by atoms with Crippen LogP contribution in [0, 0.1) is 0 Å². The fourth-order valence-corrected chi connectivity index (χ4v) is 3.00. The Bertz CT molecular complexity index is 1080. The highest BCUT2D eigenvalue weighted by atomic mass is 16.5. The van der Waals surface area contributed by atoms with Crippen LogP contribution in [0.2, 0.25) is 0 Å². The normalized spacial score (nSPS) is 10.8. The Morgan fingerprint density at radius 1 is 1.00 bits per heavy atom. The first kappa shape index (κ1) is 21.7. The summed E-state index contributed by atoms with van der Waals surface area (Å²) in [5.41, 5.74) is 8.22. The molecular formula is C22H24N4O5. The van der Waals surface area contributed by atoms with E-state index in [1.54, 1.807) is 45.7 Å². The lowest BCUT2D eigenvalue weighted by atomic mass is 10.1. The monoisotopic (exact) mass is 424 g/mol. The van der Waals surface area contributed by atoms with Gasteiger partial charge in [-0.05, 0) is 29.8 Å². The summed E-state index contributed by atoms with van der Waals surface area (Å²) in [6.45, 7) is 0. The number of nitrogens with zero attached hydrogens (tertiary/aromatic N) is 3. The number of aromatic nitrogens is 2. The van der Waals surface area contributed by atoms with E-state index in [2.05, 4.69) is 15.0 Å². The number of aliphatic imine (C=N–C) groups is 1. The second-order valence-corrected chi connectivity index (χ2v) is 6.45. The molecule has 0 radical (unpaired) electrons. The molecule has 31 heavy (non-hydrogen) atoms. The molecular weight excluding hydrogens is 400 g/mol. The fraction of sp³-hybridized carbons (Fsp3) is 0.227. The maximum Gasteiger partial charge on any atom is 0.251 e. The second kappa shape index (κ2) is 9.66. The number of anilines is 1. The number of hydrogen-bond donors (Lipinski definition) is 2. The van der Waals surface area contributed by atoms with E-state index < -0.39 is 0 Å². The van der Waals surface area contributed by atoms with Crippen molar-refractivity contribution in [2.45, 2.75) is 6.42 Å². The number of hydrogen-bond acceptors (Lipinski definition) is 9. The molecule has 3 rings (SSSR count).